The number of nitrogens with zero attached hydrogens (tertiary/aromatic N) is 4. The lowest BCUT2D eigenvalue weighted by Crippen LogP contribution is -2.52. The number of hydrogen-bond acceptors (Lipinski definition) is 8. The molecule has 4 heterocycles. The summed E-state index contributed by atoms with van der Waals surface area (Å²) in [5.74, 6) is 0.000759. The zero-order chi connectivity index (χ0) is 30.5. The van der Waals surface area contributed by atoms with Gasteiger partial charge in [-0.25, -0.2) is 24.3 Å². The van der Waals surface area contributed by atoms with Gasteiger partial charge in [0.05, 0.1) is 34.9 Å². The number of aromatic nitrogens is 5. The third kappa shape index (κ3) is 6.50. The van der Waals surface area contributed by atoms with Crippen molar-refractivity contribution >= 4 is 34.3 Å². The summed E-state index contributed by atoms with van der Waals surface area (Å²) in [5.41, 5.74) is 3.14. The molecule has 4 aromatic heterocycles. The monoisotopic (exact) mass is 618 g/mol. The molecule has 0 aliphatic heterocycles. The largest absolute Gasteiger partial charge is 0.465 e. The highest BCUT2D eigenvalue weighted by molar-refractivity contribution is 7.13. The number of ether oxygens (including phenoxy) is 1. The maximum absolute atomic E-state index is 16.3. The SMILES string of the molecule is CCCCCCCOC(=O)[C@H]1C2CCC(CC2)[C@@H]1Nc1nc(-c2c[nH]c3ncc(CCCC)nc23)nc(-c2cccs2)c1F. The van der Waals surface area contributed by atoms with E-state index in [-0.39, 0.29) is 41.3 Å². The number of rotatable bonds is 14. The second kappa shape index (κ2) is 14.1. The molecule has 0 aromatic carbocycles. The van der Waals surface area contributed by atoms with Crippen LogP contribution < -0.4 is 5.32 Å². The normalized spacial score (nSPS) is 21.2. The van der Waals surface area contributed by atoms with Gasteiger partial charge in [-0.1, -0.05) is 52.0 Å². The molecule has 0 unspecified atom stereocenters. The Morgan fingerprint density at radius 1 is 1.05 bits per heavy atom. The maximum Gasteiger partial charge on any atom is 0.311 e. The fraction of sp³-hybridized carbons (Fsp3) is 0.559. The van der Waals surface area contributed by atoms with Gasteiger partial charge in [0.2, 0.25) is 0 Å². The van der Waals surface area contributed by atoms with Crippen LogP contribution in [-0.2, 0) is 16.0 Å². The second-order valence-electron chi connectivity index (χ2n) is 12.4. The third-order valence-corrected chi connectivity index (χ3v) is 10.2. The predicted octanol–water partition coefficient (Wildman–Crippen LogP) is 8.36. The first-order valence-corrected chi connectivity index (χ1v) is 17.3. The van der Waals surface area contributed by atoms with Crippen LogP contribution in [0.5, 0.6) is 0 Å². The van der Waals surface area contributed by atoms with Crippen LogP contribution in [0.4, 0.5) is 10.2 Å². The number of anilines is 1. The number of carbonyl (C=O) groups excluding carboxylic acids is 1. The average molecular weight is 619 g/mol. The number of aromatic amines is 1. The van der Waals surface area contributed by atoms with Crippen molar-refractivity contribution < 1.29 is 13.9 Å². The van der Waals surface area contributed by atoms with E-state index in [4.69, 9.17) is 19.7 Å². The number of unbranched alkanes of at least 4 members (excludes halogenated alkanes) is 5. The molecule has 0 amide bonds. The first-order chi connectivity index (χ1) is 21.6. The number of thiophene rings is 1. The summed E-state index contributed by atoms with van der Waals surface area (Å²) in [6.07, 6.45) is 16.1. The number of fused-ring (bicyclic) bond motifs is 4. The number of H-pyrrole nitrogens is 1. The summed E-state index contributed by atoms with van der Waals surface area (Å²) in [7, 11) is 0. The van der Waals surface area contributed by atoms with Crippen molar-refractivity contribution in [3.63, 3.8) is 0 Å². The van der Waals surface area contributed by atoms with Gasteiger partial charge in [0.25, 0.3) is 0 Å². The minimum Gasteiger partial charge on any atom is -0.465 e. The molecule has 2 bridgehead atoms. The van der Waals surface area contributed by atoms with Crippen molar-refractivity contribution in [1.29, 1.82) is 0 Å². The quantitative estimate of drug-likeness (QED) is 0.108. The van der Waals surface area contributed by atoms with Gasteiger partial charge in [-0.3, -0.25) is 4.79 Å². The molecule has 0 saturated heterocycles. The molecule has 44 heavy (non-hydrogen) atoms. The minimum absolute atomic E-state index is 0.123. The third-order valence-electron chi connectivity index (χ3n) is 9.35. The zero-order valence-electron chi connectivity index (χ0n) is 25.8. The first-order valence-electron chi connectivity index (χ1n) is 16.4. The molecule has 2 atom stereocenters. The number of hydrogen-bond donors (Lipinski definition) is 2. The van der Waals surface area contributed by atoms with E-state index in [1.54, 1.807) is 12.4 Å². The minimum atomic E-state index is -0.504. The molecule has 3 fully saturated rings. The Balaban J connectivity index is 1.32. The Morgan fingerprint density at radius 3 is 2.61 bits per heavy atom. The highest BCUT2D eigenvalue weighted by Gasteiger charge is 2.48. The van der Waals surface area contributed by atoms with E-state index in [1.807, 2.05) is 17.5 Å². The zero-order valence-corrected chi connectivity index (χ0v) is 26.6. The molecule has 3 saturated carbocycles. The van der Waals surface area contributed by atoms with Crippen LogP contribution in [0.3, 0.4) is 0 Å². The molecule has 0 spiro atoms. The van der Waals surface area contributed by atoms with E-state index in [0.717, 1.165) is 69.9 Å². The summed E-state index contributed by atoms with van der Waals surface area (Å²) in [4.78, 5) is 36.4. The first kappa shape index (κ1) is 30.6. The summed E-state index contributed by atoms with van der Waals surface area (Å²) >= 11 is 1.43. The molecular weight excluding hydrogens is 575 g/mol. The Bertz CT molecular complexity index is 1550. The van der Waals surface area contributed by atoms with Crippen molar-refractivity contribution in [3.05, 3.63) is 41.4 Å². The number of aryl methyl sites for hydroxylation is 1. The molecule has 10 heteroatoms. The van der Waals surface area contributed by atoms with E-state index < -0.39 is 5.82 Å². The maximum atomic E-state index is 16.3. The second-order valence-corrected chi connectivity index (χ2v) is 13.3. The Labute approximate surface area is 262 Å². The topological polar surface area (TPSA) is 106 Å². The van der Waals surface area contributed by atoms with Gasteiger partial charge < -0.3 is 15.0 Å². The molecule has 7 rings (SSSR count). The lowest BCUT2D eigenvalue weighted by Gasteiger charge is -2.47. The van der Waals surface area contributed by atoms with Crippen molar-refractivity contribution in [2.24, 2.45) is 17.8 Å². The number of carbonyl (C=O) groups is 1. The fourth-order valence-electron chi connectivity index (χ4n) is 6.95. The summed E-state index contributed by atoms with van der Waals surface area (Å²) in [6, 6.07) is 3.51. The molecule has 234 valence electrons. The van der Waals surface area contributed by atoms with Crippen molar-refractivity contribution in [3.8, 4) is 22.0 Å². The van der Waals surface area contributed by atoms with E-state index in [0.29, 0.717) is 34.0 Å². The highest BCUT2D eigenvalue weighted by Crippen LogP contribution is 2.47. The van der Waals surface area contributed by atoms with Gasteiger partial charge in [0, 0.05) is 12.2 Å². The van der Waals surface area contributed by atoms with Crippen LogP contribution in [0, 0.1) is 23.6 Å². The van der Waals surface area contributed by atoms with E-state index >= 15 is 4.39 Å². The van der Waals surface area contributed by atoms with E-state index in [2.05, 4.69) is 29.1 Å². The van der Waals surface area contributed by atoms with E-state index in [1.165, 1.54) is 24.2 Å². The van der Waals surface area contributed by atoms with Crippen molar-refractivity contribution in [1.82, 2.24) is 24.9 Å². The lowest BCUT2D eigenvalue weighted by molar-refractivity contribution is -0.155. The Kier molecular flexibility index (Phi) is 9.84. The summed E-state index contributed by atoms with van der Waals surface area (Å²) in [5, 5.41) is 5.37. The van der Waals surface area contributed by atoms with Crippen LogP contribution in [0.25, 0.3) is 33.1 Å². The molecule has 2 N–H and O–H groups in total. The van der Waals surface area contributed by atoms with Gasteiger partial charge >= 0.3 is 5.97 Å². The Hall–Kier alpha value is -3.40. The van der Waals surface area contributed by atoms with Gasteiger partial charge in [0.15, 0.2) is 23.1 Å². The highest BCUT2D eigenvalue weighted by atomic mass is 32.1. The van der Waals surface area contributed by atoms with Crippen LogP contribution in [0.1, 0.15) is 90.2 Å². The van der Waals surface area contributed by atoms with Crippen LogP contribution >= 0.6 is 11.3 Å². The van der Waals surface area contributed by atoms with Crippen molar-refractivity contribution in [2.75, 3.05) is 11.9 Å². The van der Waals surface area contributed by atoms with E-state index in [9.17, 15) is 4.79 Å². The standard InChI is InChI=1S/C34H43FN6O2S/c1-3-5-7-8-9-17-43-34(42)26-21-13-15-22(16-14-21)28(26)39-32-27(35)30(25-12-10-18-44-25)40-31(41-32)24-20-37-33-29(24)38-23(19-36-33)11-6-4-2/h10,12,18-22,26,28H,3-9,11,13-17H2,1-2H3,(H,36,37)(H,39,40,41)/t21?,22?,26-,28-/m0/s1. The molecular formula is C34H43FN6O2S. The van der Waals surface area contributed by atoms with Gasteiger partial charge in [0.1, 0.15) is 11.2 Å². The average Bonchev–Trinajstić information content (AvgIpc) is 3.74. The molecule has 8 nitrogen and oxygen atoms in total. The van der Waals surface area contributed by atoms with Crippen LogP contribution in [0.15, 0.2) is 29.9 Å². The van der Waals surface area contributed by atoms with Gasteiger partial charge in [-0.15, -0.1) is 11.3 Å². The molecule has 0 radical (unpaired) electrons. The fourth-order valence-corrected chi connectivity index (χ4v) is 7.65. The lowest BCUT2D eigenvalue weighted by atomic mass is 9.61. The number of esters is 1. The Morgan fingerprint density at radius 2 is 1.84 bits per heavy atom. The molecule has 4 aromatic rings. The van der Waals surface area contributed by atoms with Gasteiger partial charge in [-0.2, -0.15) is 0 Å². The predicted molar refractivity (Wildman–Crippen MR) is 173 cm³/mol. The smallest absolute Gasteiger partial charge is 0.311 e. The van der Waals surface area contributed by atoms with Gasteiger partial charge in [-0.05, 0) is 68.2 Å². The number of nitrogens with one attached hydrogen (secondary N) is 2. The molecule has 3 aliphatic rings. The van der Waals surface area contributed by atoms with Crippen molar-refractivity contribution in [2.45, 2.75) is 96.9 Å². The summed E-state index contributed by atoms with van der Waals surface area (Å²) in [6.45, 7) is 4.79. The summed E-state index contributed by atoms with van der Waals surface area (Å²) < 4.78 is 22.2. The molecule has 3 aliphatic carbocycles. The number of halogens is 1. The van der Waals surface area contributed by atoms with Crippen LogP contribution in [0.2, 0.25) is 0 Å². The van der Waals surface area contributed by atoms with Crippen LogP contribution in [-0.4, -0.2) is 43.5 Å².